The first-order valence-electron chi connectivity index (χ1n) is 4.63. The van der Waals surface area contributed by atoms with Crippen LogP contribution in [0.4, 0.5) is 0 Å². The number of esters is 1. The summed E-state index contributed by atoms with van der Waals surface area (Å²) in [4.78, 5) is 11.1. The van der Waals surface area contributed by atoms with Gasteiger partial charge in [0, 0.05) is 6.42 Å². The van der Waals surface area contributed by atoms with E-state index in [0.29, 0.717) is 18.9 Å². The molecule has 0 spiro atoms. The monoisotopic (exact) mass is 168 g/mol. The Balaban J connectivity index is 2.09. The molecule has 0 N–H and O–H groups in total. The highest BCUT2D eigenvalue weighted by Crippen LogP contribution is 2.21. The Hall–Kier alpha value is -0.790. The van der Waals surface area contributed by atoms with Crippen LogP contribution in [0.5, 0.6) is 0 Å². The molecule has 2 nitrogen and oxygen atoms in total. The Bertz CT molecular complexity index is 165. The maximum Gasteiger partial charge on any atom is 0.306 e. The van der Waals surface area contributed by atoms with E-state index in [2.05, 4.69) is 12.2 Å². The molecule has 0 heterocycles. The maximum absolute atomic E-state index is 11.1. The molecular weight excluding hydrogens is 152 g/mol. The summed E-state index contributed by atoms with van der Waals surface area (Å²) in [6, 6.07) is 0. The lowest BCUT2D eigenvalue weighted by Crippen LogP contribution is -2.10. The summed E-state index contributed by atoms with van der Waals surface area (Å²) in [7, 11) is 0. The number of carbonyl (C=O) groups is 1. The molecule has 0 aromatic heterocycles. The minimum atomic E-state index is -0.0365. The van der Waals surface area contributed by atoms with Crippen LogP contribution in [0, 0.1) is 5.92 Å². The molecular formula is C10H16O2. The van der Waals surface area contributed by atoms with Crippen LogP contribution in [0.3, 0.4) is 0 Å². The van der Waals surface area contributed by atoms with Gasteiger partial charge in [-0.1, -0.05) is 19.1 Å². The zero-order valence-corrected chi connectivity index (χ0v) is 7.58. The quantitative estimate of drug-likeness (QED) is 0.475. The largest absolute Gasteiger partial charge is 0.466 e. The molecule has 0 saturated carbocycles. The van der Waals surface area contributed by atoms with E-state index >= 15 is 0 Å². The molecule has 68 valence electrons. The molecule has 0 bridgehead atoms. The first kappa shape index (κ1) is 9.30. The zero-order chi connectivity index (χ0) is 8.81. The van der Waals surface area contributed by atoms with Crippen LogP contribution in [0.1, 0.15) is 32.6 Å². The maximum atomic E-state index is 11.1. The molecule has 0 saturated heterocycles. The minimum absolute atomic E-state index is 0.0365. The fraction of sp³-hybridized carbons (Fsp3) is 0.700. The second kappa shape index (κ2) is 4.96. The molecule has 0 aromatic carbocycles. The average molecular weight is 168 g/mol. The second-order valence-corrected chi connectivity index (χ2v) is 3.23. The van der Waals surface area contributed by atoms with E-state index in [1.807, 2.05) is 6.92 Å². The van der Waals surface area contributed by atoms with Gasteiger partial charge in [-0.25, -0.2) is 0 Å². The van der Waals surface area contributed by atoms with Crippen molar-refractivity contribution in [3.63, 3.8) is 0 Å². The topological polar surface area (TPSA) is 26.3 Å². The highest BCUT2D eigenvalue weighted by Gasteiger charge is 2.15. The molecule has 0 fully saturated rings. The van der Waals surface area contributed by atoms with Gasteiger partial charge >= 0.3 is 5.97 Å². The van der Waals surface area contributed by atoms with Crippen LogP contribution in [0.2, 0.25) is 0 Å². The van der Waals surface area contributed by atoms with Gasteiger partial charge in [0.15, 0.2) is 0 Å². The van der Waals surface area contributed by atoms with E-state index < -0.39 is 0 Å². The SMILES string of the molecule is CCCOC(=O)CC1CC=CC1. The van der Waals surface area contributed by atoms with Crippen molar-refractivity contribution in [1.29, 1.82) is 0 Å². The van der Waals surface area contributed by atoms with Crippen LogP contribution in [-0.2, 0) is 9.53 Å². The summed E-state index contributed by atoms with van der Waals surface area (Å²) in [5.74, 6) is 0.472. The Morgan fingerprint density at radius 1 is 1.50 bits per heavy atom. The number of ether oxygens (including phenoxy) is 1. The summed E-state index contributed by atoms with van der Waals surface area (Å²) >= 11 is 0. The van der Waals surface area contributed by atoms with Crippen molar-refractivity contribution in [2.45, 2.75) is 32.6 Å². The first-order chi connectivity index (χ1) is 5.83. The van der Waals surface area contributed by atoms with Gasteiger partial charge in [0.25, 0.3) is 0 Å². The van der Waals surface area contributed by atoms with Crippen LogP contribution in [0.25, 0.3) is 0 Å². The summed E-state index contributed by atoms with van der Waals surface area (Å²) in [6.07, 6.45) is 7.86. The Kier molecular flexibility index (Phi) is 3.85. The fourth-order valence-electron chi connectivity index (χ4n) is 1.35. The number of allylic oxidation sites excluding steroid dienone is 2. The number of hydrogen-bond acceptors (Lipinski definition) is 2. The lowest BCUT2D eigenvalue weighted by Gasteiger charge is -2.07. The molecule has 1 aliphatic carbocycles. The van der Waals surface area contributed by atoms with Crippen LogP contribution in [0.15, 0.2) is 12.2 Å². The summed E-state index contributed by atoms with van der Waals surface area (Å²) in [5, 5.41) is 0. The average Bonchev–Trinajstić information content (AvgIpc) is 2.53. The van der Waals surface area contributed by atoms with Crippen LogP contribution in [-0.4, -0.2) is 12.6 Å². The predicted octanol–water partition coefficient (Wildman–Crippen LogP) is 2.30. The van der Waals surface area contributed by atoms with Gasteiger partial charge in [-0.15, -0.1) is 0 Å². The summed E-state index contributed by atoms with van der Waals surface area (Å²) in [5.41, 5.74) is 0. The molecule has 0 radical (unpaired) electrons. The highest BCUT2D eigenvalue weighted by atomic mass is 16.5. The molecule has 1 aliphatic rings. The molecule has 0 aromatic rings. The molecule has 0 atom stereocenters. The van der Waals surface area contributed by atoms with Gasteiger partial charge in [-0.05, 0) is 25.2 Å². The zero-order valence-electron chi connectivity index (χ0n) is 7.58. The van der Waals surface area contributed by atoms with E-state index in [0.717, 1.165) is 19.3 Å². The molecule has 0 unspecified atom stereocenters. The smallest absolute Gasteiger partial charge is 0.306 e. The number of hydrogen-bond donors (Lipinski definition) is 0. The van der Waals surface area contributed by atoms with Gasteiger partial charge in [0.05, 0.1) is 6.61 Å². The second-order valence-electron chi connectivity index (χ2n) is 3.23. The van der Waals surface area contributed by atoms with Crippen molar-refractivity contribution in [2.24, 2.45) is 5.92 Å². The molecule has 1 rings (SSSR count). The third kappa shape index (κ3) is 3.07. The van der Waals surface area contributed by atoms with E-state index in [4.69, 9.17) is 4.74 Å². The van der Waals surface area contributed by atoms with Crippen LogP contribution < -0.4 is 0 Å². The van der Waals surface area contributed by atoms with Crippen LogP contribution >= 0.6 is 0 Å². The number of rotatable bonds is 4. The van der Waals surface area contributed by atoms with Crippen molar-refractivity contribution in [3.05, 3.63) is 12.2 Å². The van der Waals surface area contributed by atoms with E-state index in [9.17, 15) is 4.79 Å². The summed E-state index contributed by atoms with van der Waals surface area (Å²) < 4.78 is 4.99. The first-order valence-corrected chi connectivity index (χ1v) is 4.63. The predicted molar refractivity (Wildman–Crippen MR) is 47.7 cm³/mol. The van der Waals surface area contributed by atoms with Gasteiger partial charge in [-0.2, -0.15) is 0 Å². The normalized spacial score (nSPS) is 16.8. The van der Waals surface area contributed by atoms with E-state index in [1.54, 1.807) is 0 Å². The van der Waals surface area contributed by atoms with Crippen molar-refractivity contribution >= 4 is 5.97 Å². The van der Waals surface area contributed by atoms with Gasteiger partial charge in [0.2, 0.25) is 0 Å². The van der Waals surface area contributed by atoms with Gasteiger partial charge < -0.3 is 4.74 Å². The summed E-state index contributed by atoms with van der Waals surface area (Å²) in [6.45, 7) is 2.57. The molecule has 0 aliphatic heterocycles. The van der Waals surface area contributed by atoms with Gasteiger partial charge in [-0.3, -0.25) is 4.79 Å². The molecule has 12 heavy (non-hydrogen) atoms. The van der Waals surface area contributed by atoms with E-state index in [-0.39, 0.29) is 5.97 Å². The van der Waals surface area contributed by atoms with E-state index in [1.165, 1.54) is 0 Å². The lowest BCUT2D eigenvalue weighted by atomic mass is 10.0. The minimum Gasteiger partial charge on any atom is -0.466 e. The van der Waals surface area contributed by atoms with Crippen molar-refractivity contribution < 1.29 is 9.53 Å². The molecule has 2 heteroatoms. The Morgan fingerprint density at radius 2 is 2.17 bits per heavy atom. The van der Waals surface area contributed by atoms with Gasteiger partial charge in [0.1, 0.15) is 0 Å². The van der Waals surface area contributed by atoms with Crippen molar-refractivity contribution in [2.75, 3.05) is 6.61 Å². The number of carbonyl (C=O) groups excluding carboxylic acids is 1. The standard InChI is InChI=1S/C10H16O2/c1-2-7-12-10(11)8-9-5-3-4-6-9/h3-4,9H,2,5-8H2,1H3. The fourth-order valence-corrected chi connectivity index (χ4v) is 1.35. The van der Waals surface area contributed by atoms with Crippen molar-refractivity contribution in [1.82, 2.24) is 0 Å². The Labute approximate surface area is 73.6 Å². The van der Waals surface area contributed by atoms with Crippen molar-refractivity contribution in [3.8, 4) is 0 Å². The lowest BCUT2D eigenvalue weighted by molar-refractivity contribution is -0.144. The third-order valence-electron chi connectivity index (χ3n) is 2.03. The third-order valence-corrected chi connectivity index (χ3v) is 2.03. The molecule has 0 amide bonds. The highest BCUT2D eigenvalue weighted by molar-refractivity contribution is 5.69. The Morgan fingerprint density at radius 3 is 2.75 bits per heavy atom.